The molecule has 1 saturated heterocycles. The molecule has 1 fully saturated rings. The van der Waals surface area contributed by atoms with E-state index in [2.05, 4.69) is 11.9 Å². The summed E-state index contributed by atoms with van der Waals surface area (Å²) >= 11 is 0. The standard InChI is InChI=1S/C11H19N3O/c1-9(7-12)11(15)14(3)10-5-4-6-13(2)8-10/h9-10H,4-6,8H2,1-3H3. The minimum Gasteiger partial charge on any atom is -0.340 e. The van der Waals surface area contributed by atoms with Crippen molar-refractivity contribution in [2.45, 2.75) is 25.8 Å². The zero-order valence-electron chi connectivity index (χ0n) is 9.73. The molecule has 2 atom stereocenters. The maximum absolute atomic E-state index is 11.8. The maximum atomic E-state index is 11.8. The van der Waals surface area contributed by atoms with Crippen LogP contribution in [0.15, 0.2) is 0 Å². The minimum absolute atomic E-state index is 0.0576. The third kappa shape index (κ3) is 2.93. The van der Waals surface area contributed by atoms with Crippen molar-refractivity contribution in [1.29, 1.82) is 5.26 Å². The number of hydrogen-bond acceptors (Lipinski definition) is 3. The number of amides is 1. The van der Waals surface area contributed by atoms with Gasteiger partial charge in [-0.15, -0.1) is 0 Å². The van der Waals surface area contributed by atoms with E-state index >= 15 is 0 Å². The molecule has 1 aliphatic rings. The Labute approximate surface area is 91.5 Å². The molecular formula is C11H19N3O. The monoisotopic (exact) mass is 209 g/mol. The summed E-state index contributed by atoms with van der Waals surface area (Å²) in [6.07, 6.45) is 2.17. The molecule has 0 saturated carbocycles. The summed E-state index contributed by atoms with van der Waals surface area (Å²) in [4.78, 5) is 15.7. The molecule has 2 unspecified atom stereocenters. The van der Waals surface area contributed by atoms with Crippen LogP contribution in [0.2, 0.25) is 0 Å². The van der Waals surface area contributed by atoms with E-state index in [0.717, 1.165) is 25.9 Å². The van der Waals surface area contributed by atoms with Crippen molar-refractivity contribution in [3.8, 4) is 6.07 Å². The van der Waals surface area contributed by atoms with Crippen molar-refractivity contribution in [3.63, 3.8) is 0 Å². The summed E-state index contributed by atoms with van der Waals surface area (Å²) in [7, 11) is 3.87. The van der Waals surface area contributed by atoms with Crippen LogP contribution in [-0.2, 0) is 4.79 Å². The van der Waals surface area contributed by atoms with Crippen LogP contribution in [0.1, 0.15) is 19.8 Å². The maximum Gasteiger partial charge on any atom is 0.239 e. The van der Waals surface area contributed by atoms with Gasteiger partial charge in [-0.1, -0.05) is 0 Å². The Bertz CT molecular complexity index is 271. The second kappa shape index (κ2) is 5.13. The number of rotatable bonds is 2. The van der Waals surface area contributed by atoms with Crippen LogP contribution >= 0.6 is 0 Å². The fourth-order valence-corrected chi connectivity index (χ4v) is 2.00. The Hall–Kier alpha value is -1.08. The summed E-state index contributed by atoms with van der Waals surface area (Å²) in [6, 6.07) is 2.26. The van der Waals surface area contributed by atoms with E-state index in [-0.39, 0.29) is 11.9 Å². The second-order valence-electron chi connectivity index (χ2n) is 4.36. The third-order valence-corrected chi connectivity index (χ3v) is 3.06. The molecule has 0 aromatic heterocycles. The normalized spacial score (nSPS) is 24.3. The van der Waals surface area contributed by atoms with E-state index in [1.54, 1.807) is 18.9 Å². The lowest BCUT2D eigenvalue weighted by Gasteiger charge is -2.36. The first-order valence-electron chi connectivity index (χ1n) is 5.41. The smallest absolute Gasteiger partial charge is 0.239 e. The number of hydrogen-bond donors (Lipinski definition) is 0. The van der Waals surface area contributed by atoms with Gasteiger partial charge in [0.2, 0.25) is 5.91 Å². The van der Waals surface area contributed by atoms with Gasteiger partial charge in [0.15, 0.2) is 0 Å². The van der Waals surface area contributed by atoms with Crippen LogP contribution in [0, 0.1) is 17.2 Å². The molecule has 1 aliphatic heterocycles. The van der Waals surface area contributed by atoms with Gasteiger partial charge in [-0.05, 0) is 33.4 Å². The molecule has 0 aromatic carbocycles. The predicted molar refractivity (Wildman–Crippen MR) is 58.1 cm³/mol. The topological polar surface area (TPSA) is 47.3 Å². The largest absolute Gasteiger partial charge is 0.340 e. The Morgan fingerprint density at radius 3 is 2.87 bits per heavy atom. The molecule has 0 bridgehead atoms. The molecule has 0 aromatic rings. The van der Waals surface area contributed by atoms with E-state index in [1.807, 2.05) is 6.07 Å². The molecule has 0 spiro atoms. The van der Waals surface area contributed by atoms with Gasteiger partial charge in [-0.25, -0.2) is 0 Å². The fourth-order valence-electron chi connectivity index (χ4n) is 2.00. The highest BCUT2D eigenvalue weighted by molar-refractivity contribution is 5.80. The van der Waals surface area contributed by atoms with Gasteiger partial charge >= 0.3 is 0 Å². The van der Waals surface area contributed by atoms with Crippen molar-refractivity contribution >= 4 is 5.91 Å². The number of nitrogens with zero attached hydrogens (tertiary/aromatic N) is 3. The number of piperidine rings is 1. The van der Waals surface area contributed by atoms with Crippen molar-refractivity contribution in [3.05, 3.63) is 0 Å². The molecule has 1 amide bonds. The van der Waals surface area contributed by atoms with Crippen molar-refractivity contribution in [1.82, 2.24) is 9.80 Å². The van der Waals surface area contributed by atoms with Gasteiger partial charge in [0, 0.05) is 19.6 Å². The number of likely N-dealkylation sites (tertiary alicyclic amines) is 1. The highest BCUT2D eigenvalue weighted by Gasteiger charge is 2.26. The Balaban J connectivity index is 2.56. The van der Waals surface area contributed by atoms with Crippen molar-refractivity contribution < 1.29 is 4.79 Å². The number of nitriles is 1. The lowest BCUT2D eigenvalue weighted by Crippen LogP contribution is -2.48. The molecule has 4 nitrogen and oxygen atoms in total. The summed E-state index contributed by atoms with van der Waals surface area (Å²) in [5.41, 5.74) is 0. The Kier molecular flexibility index (Phi) is 4.10. The zero-order valence-corrected chi connectivity index (χ0v) is 9.73. The van der Waals surface area contributed by atoms with Crippen LogP contribution < -0.4 is 0 Å². The number of carbonyl (C=O) groups excluding carboxylic acids is 1. The average molecular weight is 209 g/mol. The highest BCUT2D eigenvalue weighted by atomic mass is 16.2. The van der Waals surface area contributed by atoms with Crippen LogP contribution in [0.4, 0.5) is 0 Å². The molecule has 15 heavy (non-hydrogen) atoms. The Morgan fingerprint density at radius 1 is 1.67 bits per heavy atom. The first-order valence-corrected chi connectivity index (χ1v) is 5.41. The molecule has 1 heterocycles. The van der Waals surface area contributed by atoms with Gasteiger partial charge in [0.25, 0.3) is 0 Å². The van der Waals surface area contributed by atoms with E-state index in [0.29, 0.717) is 0 Å². The summed E-state index contributed by atoms with van der Waals surface area (Å²) in [6.45, 7) is 3.68. The molecular weight excluding hydrogens is 190 g/mol. The highest BCUT2D eigenvalue weighted by Crippen LogP contribution is 2.15. The van der Waals surface area contributed by atoms with Gasteiger partial charge in [-0.3, -0.25) is 4.79 Å². The summed E-state index contributed by atoms with van der Waals surface area (Å²) in [5.74, 6) is -0.583. The van der Waals surface area contributed by atoms with Gasteiger partial charge in [0.05, 0.1) is 6.07 Å². The lowest BCUT2D eigenvalue weighted by molar-refractivity contribution is -0.135. The SMILES string of the molecule is CC(C#N)C(=O)N(C)C1CCCN(C)C1. The Morgan fingerprint density at radius 2 is 2.33 bits per heavy atom. The summed E-state index contributed by atoms with van der Waals surface area (Å²) in [5, 5.41) is 8.70. The van der Waals surface area contributed by atoms with Crippen LogP contribution in [0.5, 0.6) is 0 Å². The van der Waals surface area contributed by atoms with E-state index in [4.69, 9.17) is 5.26 Å². The van der Waals surface area contributed by atoms with Crippen molar-refractivity contribution in [2.24, 2.45) is 5.92 Å². The molecule has 0 N–H and O–H groups in total. The summed E-state index contributed by atoms with van der Waals surface area (Å²) < 4.78 is 0. The fraction of sp³-hybridized carbons (Fsp3) is 0.818. The third-order valence-electron chi connectivity index (χ3n) is 3.06. The van der Waals surface area contributed by atoms with Crippen LogP contribution in [0.25, 0.3) is 0 Å². The molecule has 4 heteroatoms. The first-order chi connectivity index (χ1) is 7.06. The van der Waals surface area contributed by atoms with Crippen molar-refractivity contribution in [2.75, 3.05) is 27.2 Å². The zero-order chi connectivity index (χ0) is 11.4. The lowest BCUT2D eigenvalue weighted by atomic mass is 10.0. The predicted octanol–water partition coefficient (Wildman–Crippen LogP) is 0.699. The number of carbonyl (C=O) groups is 1. The van der Waals surface area contributed by atoms with Gasteiger partial charge < -0.3 is 9.80 Å². The minimum atomic E-state index is -0.526. The van der Waals surface area contributed by atoms with Gasteiger partial charge in [0.1, 0.15) is 5.92 Å². The second-order valence-corrected chi connectivity index (χ2v) is 4.36. The van der Waals surface area contributed by atoms with E-state index < -0.39 is 5.92 Å². The van der Waals surface area contributed by atoms with Gasteiger partial charge in [-0.2, -0.15) is 5.26 Å². The quantitative estimate of drug-likeness (QED) is 0.672. The first kappa shape index (κ1) is 12.0. The average Bonchev–Trinajstić information content (AvgIpc) is 2.26. The van der Waals surface area contributed by atoms with E-state index in [9.17, 15) is 4.79 Å². The molecule has 84 valence electrons. The molecule has 0 aliphatic carbocycles. The van der Waals surface area contributed by atoms with Crippen LogP contribution in [0.3, 0.4) is 0 Å². The van der Waals surface area contributed by atoms with Crippen LogP contribution in [-0.4, -0.2) is 48.9 Å². The number of likely N-dealkylation sites (N-methyl/N-ethyl adjacent to an activating group) is 2. The molecule has 1 rings (SSSR count). The molecule has 0 radical (unpaired) electrons. The van der Waals surface area contributed by atoms with E-state index in [1.165, 1.54) is 0 Å².